The van der Waals surface area contributed by atoms with Gasteiger partial charge in [-0.25, -0.2) is 0 Å². The first kappa shape index (κ1) is 5.11. The molecule has 32 valence electrons. The summed E-state index contributed by atoms with van der Waals surface area (Å²) in [5, 5.41) is 1.63. The van der Waals surface area contributed by atoms with Gasteiger partial charge in [-0.15, -0.1) is 0 Å². The normalized spacial score (nSPS) is 14.8. The zero-order chi connectivity index (χ0) is 4.28. The van der Waals surface area contributed by atoms with E-state index < -0.39 is 8.18 Å². The largest absolute Gasteiger partial charge is 0.335 e. The molecule has 0 saturated carbocycles. The van der Waals surface area contributed by atoms with Gasteiger partial charge in [0.25, 0.3) is 8.18 Å². The van der Waals surface area contributed by atoms with Crippen molar-refractivity contribution in [3.63, 3.8) is 0 Å². The van der Waals surface area contributed by atoms with Crippen molar-refractivity contribution in [2.24, 2.45) is 5.84 Å². The highest BCUT2D eigenvalue weighted by Crippen LogP contribution is 1.97. The Bertz CT molecular complexity index is 42.9. The second-order valence-electron chi connectivity index (χ2n) is 0.449. The van der Waals surface area contributed by atoms with Gasteiger partial charge in [-0.05, 0) is 0 Å². The van der Waals surface area contributed by atoms with E-state index in [9.17, 15) is 4.57 Å². The van der Waals surface area contributed by atoms with Crippen LogP contribution >= 0.6 is 8.18 Å². The molecule has 0 aliphatic rings. The Hall–Kier alpha value is 0.110. The molecule has 0 bridgehead atoms. The van der Waals surface area contributed by atoms with E-state index in [-0.39, 0.29) is 0 Å². The molecule has 0 spiro atoms. The van der Waals surface area contributed by atoms with Crippen LogP contribution < -0.4 is 11.0 Å². The Morgan fingerprint density at radius 1 is 2.00 bits per heavy atom. The Labute approximate surface area is 29.9 Å². The van der Waals surface area contributed by atoms with Crippen molar-refractivity contribution >= 4 is 8.18 Å². The van der Waals surface area contributed by atoms with Gasteiger partial charge < -0.3 is 4.89 Å². The average Bonchev–Trinajstić information content (AvgIpc) is 1.38. The molecule has 0 heterocycles. The maximum absolute atomic E-state index is 9.32. The molecule has 0 aliphatic carbocycles. The second-order valence-corrected chi connectivity index (χ2v) is 1.35. The number of hydrogen-bond donors (Lipinski definition) is 3. The molecule has 5 heavy (non-hydrogen) atoms. The van der Waals surface area contributed by atoms with E-state index in [0.29, 0.717) is 0 Å². The third kappa shape index (κ3) is 4.11. The van der Waals surface area contributed by atoms with Crippen molar-refractivity contribution < 1.29 is 9.46 Å². The minimum absolute atomic E-state index is 1.63. The molecule has 0 aromatic rings. The monoisotopic (exact) mass is 96.0 g/mol. The molecule has 4 N–H and O–H groups in total. The van der Waals surface area contributed by atoms with Gasteiger partial charge in [-0.2, -0.15) is 5.20 Å². The highest BCUT2D eigenvalue weighted by Gasteiger charge is 1.72. The second kappa shape index (κ2) is 2.35. The smallest absolute Gasteiger partial charge is 0.268 e. The molecule has 1 atom stereocenters. The van der Waals surface area contributed by atoms with Crippen LogP contribution in [-0.2, 0) is 4.57 Å². The van der Waals surface area contributed by atoms with Crippen molar-refractivity contribution in [3.05, 3.63) is 0 Å². The van der Waals surface area contributed by atoms with Crippen molar-refractivity contribution in [1.29, 1.82) is 0 Å². The zero-order valence-electron chi connectivity index (χ0n) is 2.43. The fourth-order valence-electron chi connectivity index (χ4n) is 0. The van der Waals surface area contributed by atoms with E-state index in [2.05, 4.69) is 5.84 Å². The Balaban J connectivity index is 2.85. The summed E-state index contributed by atoms with van der Waals surface area (Å²) in [5.74, 6) is 4.40. The number of nitrogens with one attached hydrogen (secondary N) is 1. The Morgan fingerprint density at radius 3 is 2.20 bits per heavy atom. The fraction of sp³-hybridized carbons (Fsp3) is 0. The number of hydrazine groups is 1. The van der Waals surface area contributed by atoms with E-state index >= 15 is 0 Å². The van der Waals surface area contributed by atoms with Gasteiger partial charge in [0.15, 0.2) is 0 Å². The number of rotatable bonds is 1. The average molecular weight is 96.0 g/mol. The molecule has 0 amide bonds. The van der Waals surface area contributed by atoms with Crippen LogP contribution in [0.25, 0.3) is 0 Å². The first-order valence-electron chi connectivity index (χ1n) is 0.966. The fourth-order valence-corrected chi connectivity index (χ4v) is 0. The highest BCUT2D eigenvalue weighted by molar-refractivity contribution is 7.35. The minimum Gasteiger partial charge on any atom is -0.335 e. The summed E-state index contributed by atoms with van der Waals surface area (Å²) in [5.41, 5.74) is 0. The van der Waals surface area contributed by atoms with Crippen LogP contribution in [0.3, 0.4) is 0 Å². The van der Waals surface area contributed by atoms with Crippen LogP contribution in [0.4, 0.5) is 0 Å². The van der Waals surface area contributed by atoms with Crippen LogP contribution in [-0.4, -0.2) is 4.89 Å². The van der Waals surface area contributed by atoms with Crippen molar-refractivity contribution in [1.82, 2.24) is 5.20 Å². The molecule has 0 fully saturated rings. The van der Waals surface area contributed by atoms with Crippen LogP contribution in [0.1, 0.15) is 0 Å². The summed E-state index contributed by atoms with van der Waals surface area (Å²) < 4.78 is 9.32. The highest BCUT2D eigenvalue weighted by atomic mass is 31.1. The van der Waals surface area contributed by atoms with E-state index in [1.807, 2.05) is 0 Å². The van der Waals surface area contributed by atoms with E-state index in [4.69, 9.17) is 4.89 Å². The lowest BCUT2D eigenvalue weighted by Crippen LogP contribution is -2.10. The lowest BCUT2D eigenvalue weighted by molar-refractivity contribution is 0.491. The van der Waals surface area contributed by atoms with Gasteiger partial charge in [-0.3, -0.25) is 10.4 Å². The van der Waals surface area contributed by atoms with E-state index in [0.717, 1.165) is 0 Å². The predicted octanol–water partition coefficient (Wildman–Crippen LogP) is -1.17. The molecule has 0 aromatic heterocycles. The summed E-state index contributed by atoms with van der Waals surface area (Å²) >= 11 is 0. The molecular formula is H5N2O2P. The van der Waals surface area contributed by atoms with Gasteiger partial charge in [0.1, 0.15) is 0 Å². The van der Waals surface area contributed by atoms with Crippen LogP contribution in [0.2, 0.25) is 0 Å². The maximum Gasteiger partial charge on any atom is 0.268 e. The molecule has 0 aliphatic heterocycles. The van der Waals surface area contributed by atoms with Gasteiger partial charge in [0.2, 0.25) is 0 Å². The Morgan fingerprint density at radius 2 is 2.20 bits per heavy atom. The van der Waals surface area contributed by atoms with Crippen molar-refractivity contribution in [3.8, 4) is 0 Å². The van der Waals surface area contributed by atoms with Crippen LogP contribution in [0.15, 0.2) is 0 Å². The van der Waals surface area contributed by atoms with Crippen molar-refractivity contribution in [2.45, 2.75) is 0 Å². The van der Waals surface area contributed by atoms with Gasteiger partial charge >= 0.3 is 0 Å². The van der Waals surface area contributed by atoms with Gasteiger partial charge in [-0.1, -0.05) is 0 Å². The number of nitrogens with two attached hydrogens (primary N) is 1. The molecule has 0 saturated heterocycles. The van der Waals surface area contributed by atoms with Gasteiger partial charge in [0.05, 0.1) is 0 Å². The third-order valence-corrected chi connectivity index (χ3v) is 0.370. The molecule has 5 heteroatoms. The van der Waals surface area contributed by atoms with E-state index in [1.165, 1.54) is 0 Å². The van der Waals surface area contributed by atoms with Crippen LogP contribution in [0.5, 0.6) is 0 Å². The summed E-state index contributed by atoms with van der Waals surface area (Å²) in [7, 11) is -2.60. The SMILES string of the molecule is NN[PH](=O)O. The lowest BCUT2D eigenvalue weighted by atomic mass is 13.0. The summed E-state index contributed by atoms with van der Waals surface area (Å²) in [6.07, 6.45) is 0. The lowest BCUT2D eigenvalue weighted by Gasteiger charge is -1.79. The zero-order valence-corrected chi connectivity index (χ0v) is 3.43. The molecule has 0 aromatic carbocycles. The quantitative estimate of drug-likeness (QED) is 0.218. The molecule has 0 rings (SSSR count). The Kier molecular flexibility index (Phi) is 2.41. The molecular weight excluding hydrogens is 91.0 g/mol. The first-order valence-corrected chi connectivity index (χ1v) is 2.32. The number of hydrogen-bond acceptors (Lipinski definition) is 2. The minimum atomic E-state index is -2.60. The summed E-state index contributed by atoms with van der Waals surface area (Å²) in [6, 6.07) is 0. The van der Waals surface area contributed by atoms with Crippen LogP contribution in [0, 0.1) is 0 Å². The predicted molar refractivity (Wildman–Crippen MR) is 18.5 cm³/mol. The first-order chi connectivity index (χ1) is 2.27. The molecule has 0 radical (unpaired) electrons. The van der Waals surface area contributed by atoms with E-state index in [1.54, 1.807) is 5.20 Å². The summed E-state index contributed by atoms with van der Waals surface area (Å²) in [4.78, 5) is 7.67. The molecule has 4 nitrogen and oxygen atoms in total. The topological polar surface area (TPSA) is 75.3 Å². The standard InChI is InChI=1S/H5N2O2P/c1-2-5(3)4/h5H,1H2,(H2,2,3,4). The summed E-state index contributed by atoms with van der Waals surface area (Å²) in [6.45, 7) is 0. The molecule has 1 unspecified atom stereocenters. The maximum atomic E-state index is 9.32. The van der Waals surface area contributed by atoms with Gasteiger partial charge in [0, 0.05) is 0 Å². The van der Waals surface area contributed by atoms with Crippen molar-refractivity contribution in [2.75, 3.05) is 0 Å². The third-order valence-electron chi connectivity index (χ3n) is 0.123.